The Morgan fingerprint density at radius 1 is 1.20 bits per heavy atom. The van der Waals surface area contributed by atoms with Crippen LogP contribution in [0, 0.1) is 12.7 Å². The Labute approximate surface area is 291 Å². The number of hydrogen-bond donors (Lipinski definition) is 1. The number of aromatic nitrogens is 6. The lowest BCUT2D eigenvalue weighted by Gasteiger charge is -2.40. The first kappa shape index (κ1) is 35.5. The lowest BCUT2D eigenvalue weighted by Crippen LogP contribution is -2.55. The van der Waals surface area contributed by atoms with E-state index < -0.39 is 34.9 Å². The molecule has 4 heterocycles. The van der Waals surface area contributed by atoms with Gasteiger partial charge in [-0.05, 0) is 71.3 Å². The molecule has 1 aliphatic carbocycles. The van der Waals surface area contributed by atoms with Gasteiger partial charge in [-0.3, -0.25) is 0 Å². The molecule has 0 spiro atoms. The number of rotatable bonds is 9. The molecule has 2 N–H and O–H groups in total. The molecule has 1 saturated carbocycles. The van der Waals surface area contributed by atoms with Crippen molar-refractivity contribution in [2.24, 2.45) is 0 Å². The standard InChI is InChI=1S/C33H39ClF4N10O2/c1-6-9-45(5)15-19(4)50-31-42-27-21(13-22(34)24(26(27)35)28-25(33(36,37)38)17(2)12-23(39)41-28)30(43-31)47-11-10-46(14-18(47)3)32(49)48-16-40-29(44-48)20-7-8-20/h12-13,16,18-20H,6-11,14-15H2,1-5H3,(H2,39,41). The summed E-state index contributed by atoms with van der Waals surface area (Å²) in [5, 5.41) is 4.20. The SMILES string of the molecule is CCCN(C)CC(C)Oc1nc(N2CCN(C(=O)n3cnc(C4CC4)n3)CC2C)c2cc(Cl)c(-c3nc(N)cc(C)c3C(F)(F)F)c(F)c2n1. The molecular weight excluding hydrogens is 680 g/mol. The summed E-state index contributed by atoms with van der Waals surface area (Å²) < 4.78 is 67.1. The van der Waals surface area contributed by atoms with Gasteiger partial charge in [0.2, 0.25) is 0 Å². The van der Waals surface area contributed by atoms with Gasteiger partial charge in [0, 0.05) is 43.5 Å². The summed E-state index contributed by atoms with van der Waals surface area (Å²) in [5.41, 5.74) is 2.83. The van der Waals surface area contributed by atoms with Gasteiger partial charge in [0.25, 0.3) is 0 Å². The summed E-state index contributed by atoms with van der Waals surface area (Å²) in [6, 6.07) is 1.59. The molecule has 1 aliphatic heterocycles. The summed E-state index contributed by atoms with van der Waals surface area (Å²) in [4.78, 5) is 36.2. The highest BCUT2D eigenvalue weighted by atomic mass is 35.5. The van der Waals surface area contributed by atoms with Crippen molar-refractivity contribution >= 4 is 40.2 Å². The molecule has 2 atom stereocenters. The van der Waals surface area contributed by atoms with E-state index in [-0.39, 0.29) is 70.8 Å². The number of hydrogen-bond acceptors (Lipinski definition) is 10. The third-order valence-corrected chi connectivity index (χ3v) is 9.20. The van der Waals surface area contributed by atoms with E-state index in [4.69, 9.17) is 27.1 Å². The predicted octanol–water partition coefficient (Wildman–Crippen LogP) is 6.15. The van der Waals surface area contributed by atoms with Gasteiger partial charge in [0.15, 0.2) is 11.6 Å². The predicted molar refractivity (Wildman–Crippen MR) is 181 cm³/mol. The number of nitrogens with two attached hydrogens (primary N) is 1. The van der Waals surface area contributed by atoms with Crippen LogP contribution in [0.5, 0.6) is 6.01 Å². The number of piperazine rings is 1. The van der Waals surface area contributed by atoms with Crippen molar-refractivity contribution in [3.8, 4) is 17.3 Å². The Bertz CT molecular complexity index is 1920. The van der Waals surface area contributed by atoms with Crippen LogP contribution in [0.25, 0.3) is 22.2 Å². The number of nitrogens with zero attached hydrogens (tertiary/aromatic N) is 9. The van der Waals surface area contributed by atoms with Gasteiger partial charge >= 0.3 is 18.2 Å². The van der Waals surface area contributed by atoms with Gasteiger partial charge in [-0.15, -0.1) is 5.10 Å². The molecule has 2 unspecified atom stereocenters. The maximum atomic E-state index is 16.8. The topological polar surface area (TPSA) is 131 Å². The van der Waals surface area contributed by atoms with E-state index in [1.165, 1.54) is 24.0 Å². The second-order valence-electron chi connectivity index (χ2n) is 13.1. The largest absolute Gasteiger partial charge is 0.459 e. The molecule has 12 nitrogen and oxygen atoms in total. The monoisotopic (exact) mass is 718 g/mol. The summed E-state index contributed by atoms with van der Waals surface area (Å²) in [7, 11) is 1.94. The normalized spacial score (nSPS) is 17.5. The average molecular weight is 719 g/mol. The Kier molecular flexibility index (Phi) is 9.79. The molecule has 4 aromatic rings. The van der Waals surface area contributed by atoms with Crippen LogP contribution in [0.4, 0.5) is 34.0 Å². The van der Waals surface area contributed by atoms with Gasteiger partial charge in [0.05, 0.1) is 21.8 Å². The molecule has 2 fully saturated rings. The molecule has 1 aromatic carbocycles. The van der Waals surface area contributed by atoms with Gasteiger partial charge in [-0.2, -0.15) is 27.8 Å². The van der Waals surface area contributed by atoms with Crippen molar-refractivity contribution in [3.63, 3.8) is 0 Å². The first-order chi connectivity index (χ1) is 23.7. The number of carbonyl (C=O) groups excluding carboxylic acids is 1. The summed E-state index contributed by atoms with van der Waals surface area (Å²) >= 11 is 6.62. The summed E-state index contributed by atoms with van der Waals surface area (Å²) in [5.74, 6) is -0.142. The van der Waals surface area contributed by atoms with Crippen molar-refractivity contribution in [1.82, 2.24) is 39.5 Å². The first-order valence-electron chi connectivity index (χ1n) is 16.5. The van der Waals surface area contributed by atoms with Gasteiger partial charge in [-0.25, -0.2) is 19.2 Å². The van der Waals surface area contributed by atoms with E-state index in [2.05, 4.69) is 31.9 Å². The third kappa shape index (κ3) is 7.13. The lowest BCUT2D eigenvalue weighted by atomic mass is 9.99. The number of pyridine rings is 1. The minimum absolute atomic E-state index is 0.158. The number of aryl methyl sites for hydroxylation is 1. The van der Waals surface area contributed by atoms with Crippen LogP contribution in [-0.2, 0) is 6.18 Å². The van der Waals surface area contributed by atoms with Crippen LogP contribution in [0.2, 0.25) is 5.02 Å². The van der Waals surface area contributed by atoms with E-state index in [1.54, 1.807) is 4.90 Å². The number of amides is 1. The van der Waals surface area contributed by atoms with Gasteiger partial charge < -0.3 is 25.2 Å². The quantitative estimate of drug-likeness (QED) is 0.201. The minimum Gasteiger partial charge on any atom is -0.459 e. The molecule has 268 valence electrons. The van der Waals surface area contributed by atoms with Crippen molar-refractivity contribution in [2.75, 3.05) is 50.4 Å². The average Bonchev–Trinajstić information content (AvgIpc) is 3.76. The van der Waals surface area contributed by atoms with Crippen molar-refractivity contribution < 1.29 is 27.1 Å². The number of likely N-dealkylation sites (N-methyl/N-ethyl adjacent to an activating group) is 1. The number of anilines is 2. The Hall–Kier alpha value is -4.31. The highest BCUT2D eigenvalue weighted by molar-refractivity contribution is 6.34. The van der Waals surface area contributed by atoms with E-state index in [9.17, 15) is 18.0 Å². The van der Waals surface area contributed by atoms with Crippen molar-refractivity contribution in [1.29, 1.82) is 0 Å². The number of nitrogen functional groups attached to an aromatic ring is 1. The maximum absolute atomic E-state index is 16.8. The third-order valence-electron chi connectivity index (χ3n) is 8.90. The number of alkyl halides is 3. The molecule has 0 radical (unpaired) electrons. The molecule has 2 aliphatic rings. The fourth-order valence-corrected chi connectivity index (χ4v) is 6.78. The van der Waals surface area contributed by atoms with Crippen LogP contribution < -0.4 is 15.4 Å². The molecule has 17 heteroatoms. The van der Waals surface area contributed by atoms with Crippen LogP contribution in [0.3, 0.4) is 0 Å². The second-order valence-corrected chi connectivity index (χ2v) is 13.5. The van der Waals surface area contributed by atoms with E-state index in [1.807, 2.05) is 25.8 Å². The maximum Gasteiger partial charge on any atom is 0.418 e. The number of benzene rings is 1. The highest BCUT2D eigenvalue weighted by Gasteiger charge is 2.39. The zero-order chi connectivity index (χ0) is 36.1. The fourth-order valence-electron chi connectivity index (χ4n) is 6.50. The first-order valence-corrected chi connectivity index (χ1v) is 16.9. The molecule has 1 amide bonds. The van der Waals surface area contributed by atoms with Gasteiger partial charge in [-0.1, -0.05) is 18.5 Å². The number of carbonyl (C=O) groups is 1. The van der Waals surface area contributed by atoms with Crippen LogP contribution in [0.1, 0.15) is 62.9 Å². The van der Waals surface area contributed by atoms with Gasteiger partial charge in [0.1, 0.15) is 29.6 Å². The molecule has 50 heavy (non-hydrogen) atoms. The Morgan fingerprint density at radius 3 is 2.60 bits per heavy atom. The molecule has 6 rings (SSSR count). The highest BCUT2D eigenvalue weighted by Crippen LogP contribution is 2.45. The number of fused-ring (bicyclic) bond motifs is 1. The molecule has 3 aromatic heterocycles. The fraction of sp³-hybridized carbons (Fsp3) is 0.515. The smallest absolute Gasteiger partial charge is 0.418 e. The zero-order valence-corrected chi connectivity index (χ0v) is 29.2. The van der Waals surface area contributed by atoms with Crippen LogP contribution in [-0.4, -0.2) is 97.5 Å². The Morgan fingerprint density at radius 2 is 1.94 bits per heavy atom. The molecule has 1 saturated heterocycles. The number of ether oxygens (including phenoxy) is 1. The minimum atomic E-state index is -4.88. The van der Waals surface area contributed by atoms with E-state index >= 15 is 4.39 Å². The summed E-state index contributed by atoms with van der Waals surface area (Å²) in [6.07, 6.45) is -0.934. The zero-order valence-electron chi connectivity index (χ0n) is 28.4. The Balaban J connectivity index is 1.41. The van der Waals surface area contributed by atoms with E-state index in [0.29, 0.717) is 18.3 Å². The van der Waals surface area contributed by atoms with Crippen LogP contribution in [0.15, 0.2) is 18.5 Å². The second kappa shape index (κ2) is 13.8. The van der Waals surface area contributed by atoms with Crippen molar-refractivity contribution in [2.45, 2.75) is 71.2 Å². The van der Waals surface area contributed by atoms with Crippen LogP contribution >= 0.6 is 11.6 Å². The lowest BCUT2D eigenvalue weighted by molar-refractivity contribution is -0.137. The molecular formula is C33H39ClF4N10O2. The van der Waals surface area contributed by atoms with E-state index in [0.717, 1.165) is 31.9 Å². The molecule has 0 bridgehead atoms. The summed E-state index contributed by atoms with van der Waals surface area (Å²) in [6.45, 7) is 9.15. The number of halogens is 5. The van der Waals surface area contributed by atoms with Crippen molar-refractivity contribution in [3.05, 3.63) is 46.3 Å².